The summed E-state index contributed by atoms with van der Waals surface area (Å²) < 4.78 is 1.06. The molecule has 2 heterocycles. The van der Waals surface area contributed by atoms with Crippen LogP contribution in [-0.2, 0) is 0 Å². The van der Waals surface area contributed by atoms with E-state index in [-0.39, 0.29) is 11.9 Å². The number of hydrogen-bond acceptors (Lipinski definition) is 3. The Hall–Kier alpha value is -0.390. The van der Waals surface area contributed by atoms with Crippen molar-refractivity contribution in [2.24, 2.45) is 0 Å². The predicted octanol–water partition coefficient (Wildman–Crippen LogP) is 2.99. The summed E-state index contributed by atoms with van der Waals surface area (Å²) in [7, 11) is 2.12. The van der Waals surface area contributed by atoms with Gasteiger partial charge < -0.3 is 9.80 Å². The number of aryl methyl sites for hydroxylation is 1. The second kappa shape index (κ2) is 5.72. The van der Waals surface area contributed by atoms with E-state index < -0.39 is 0 Å². The summed E-state index contributed by atoms with van der Waals surface area (Å²) in [5.41, 5.74) is 1.14. The Kier molecular flexibility index (Phi) is 4.45. The molecule has 18 heavy (non-hydrogen) atoms. The fourth-order valence-corrected chi connectivity index (χ4v) is 3.87. The summed E-state index contributed by atoms with van der Waals surface area (Å²) >= 11 is 5.03. The van der Waals surface area contributed by atoms with E-state index in [4.69, 9.17) is 0 Å². The van der Waals surface area contributed by atoms with Gasteiger partial charge in [-0.2, -0.15) is 0 Å². The van der Waals surface area contributed by atoms with Gasteiger partial charge in [0.15, 0.2) is 0 Å². The molecule has 0 aliphatic carbocycles. The first-order valence-corrected chi connectivity index (χ1v) is 7.85. The van der Waals surface area contributed by atoms with Gasteiger partial charge in [-0.3, -0.25) is 4.79 Å². The van der Waals surface area contributed by atoms with Crippen LogP contribution < -0.4 is 0 Å². The standard InChI is InChI=1S/C13H19BrN2OS/c1-9-7-11(18-12(9)14)13(17)16-6-4-5-15(3)8-10(16)2/h7,10H,4-6,8H2,1-3H3. The van der Waals surface area contributed by atoms with Gasteiger partial charge in [0.2, 0.25) is 0 Å². The third-order valence-corrected chi connectivity index (χ3v) is 5.50. The van der Waals surface area contributed by atoms with E-state index in [1.54, 1.807) is 0 Å². The van der Waals surface area contributed by atoms with Crippen molar-refractivity contribution in [3.05, 3.63) is 20.3 Å². The number of nitrogens with zero attached hydrogens (tertiary/aromatic N) is 2. The molecule has 1 unspecified atom stereocenters. The second-order valence-electron chi connectivity index (χ2n) is 5.03. The van der Waals surface area contributed by atoms with E-state index in [1.165, 1.54) is 11.3 Å². The van der Waals surface area contributed by atoms with Crippen molar-refractivity contribution in [3.63, 3.8) is 0 Å². The van der Waals surface area contributed by atoms with Crippen LogP contribution in [0.5, 0.6) is 0 Å². The Balaban J connectivity index is 2.17. The van der Waals surface area contributed by atoms with Gasteiger partial charge in [0, 0.05) is 19.1 Å². The van der Waals surface area contributed by atoms with Crippen LogP contribution in [0.3, 0.4) is 0 Å². The molecule has 0 radical (unpaired) electrons. The highest BCUT2D eigenvalue weighted by molar-refractivity contribution is 9.11. The number of likely N-dealkylation sites (N-methyl/N-ethyl adjacent to an activating group) is 1. The number of carbonyl (C=O) groups is 1. The molecule has 1 aliphatic heterocycles. The Bertz CT molecular complexity index is 427. The van der Waals surface area contributed by atoms with Crippen LogP contribution in [0.15, 0.2) is 9.85 Å². The van der Waals surface area contributed by atoms with Gasteiger partial charge in [0.25, 0.3) is 5.91 Å². The highest BCUT2D eigenvalue weighted by Gasteiger charge is 2.26. The quantitative estimate of drug-likeness (QED) is 0.790. The van der Waals surface area contributed by atoms with Crippen molar-refractivity contribution in [1.82, 2.24) is 9.80 Å². The minimum Gasteiger partial charge on any atom is -0.334 e. The van der Waals surface area contributed by atoms with Gasteiger partial charge >= 0.3 is 0 Å². The van der Waals surface area contributed by atoms with Gasteiger partial charge in [-0.1, -0.05) is 0 Å². The number of rotatable bonds is 1. The fourth-order valence-electron chi connectivity index (χ4n) is 2.38. The van der Waals surface area contributed by atoms with Crippen LogP contribution >= 0.6 is 27.3 Å². The first kappa shape index (κ1) is 14.0. The van der Waals surface area contributed by atoms with Gasteiger partial charge in [-0.05, 0) is 61.4 Å². The lowest BCUT2D eigenvalue weighted by Gasteiger charge is -2.27. The molecule has 0 aromatic carbocycles. The topological polar surface area (TPSA) is 23.6 Å². The minimum atomic E-state index is 0.177. The molecule has 1 aromatic rings. The van der Waals surface area contributed by atoms with Crippen molar-refractivity contribution in [3.8, 4) is 0 Å². The van der Waals surface area contributed by atoms with Gasteiger partial charge in [0.1, 0.15) is 0 Å². The molecule has 0 bridgehead atoms. The van der Waals surface area contributed by atoms with Crippen LogP contribution in [0.1, 0.15) is 28.6 Å². The molecule has 100 valence electrons. The van der Waals surface area contributed by atoms with Crippen molar-refractivity contribution in [2.45, 2.75) is 26.3 Å². The molecular formula is C13H19BrN2OS. The van der Waals surface area contributed by atoms with Crippen molar-refractivity contribution in [2.75, 3.05) is 26.7 Å². The van der Waals surface area contributed by atoms with Crippen LogP contribution in [0.25, 0.3) is 0 Å². The lowest BCUT2D eigenvalue weighted by Crippen LogP contribution is -2.41. The zero-order chi connectivity index (χ0) is 13.3. The van der Waals surface area contributed by atoms with E-state index >= 15 is 0 Å². The molecule has 0 saturated carbocycles. The van der Waals surface area contributed by atoms with Gasteiger partial charge in [-0.15, -0.1) is 11.3 Å². The number of thiophene rings is 1. The maximum atomic E-state index is 12.5. The highest BCUT2D eigenvalue weighted by atomic mass is 79.9. The maximum Gasteiger partial charge on any atom is 0.264 e. The summed E-state index contributed by atoms with van der Waals surface area (Å²) in [6, 6.07) is 2.27. The highest BCUT2D eigenvalue weighted by Crippen LogP contribution is 2.29. The summed E-state index contributed by atoms with van der Waals surface area (Å²) in [6.07, 6.45) is 1.05. The zero-order valence-electron chi connectivity index (χ0n) is 11.1. The molecule has 0 spiro atoms. The van der Waals surface area contributed by atoms with E-state index in [0.717, 1.165) is 40.3 Å². The molecule has 1 aromatic heterocycles. The zero-order valence-corrected chi connectivity index (χ0v) is 13.5. The number of halogens is 1. The summed E-state index contributed by atoms with van der Waals surface area (Å²) in [4.78, 5) is 17.7. The third kappa shape index (κ3) is 2.95. The SMILES string of the molecule is Cc1cc(C(=O)N2CCCN(C)CC2C)sc1Br. The van der Waals surface area contributed by atoms with Crippen molar-refractivity contribution < 1.29 is 4.79 Å². The lowest BCUT2D eigenvalue weighted by molar-refractivity contribution is 0.0701. The van der Waals surface area contributed by atoms with Crippen LogP contribution in [0, 0.1) is 6.92 Å². The summed E-state index contributed by atoms with van der Waals surface area (Å²) in [6.45, 7) is 7.05. The lowest BCUT2D eigenvalue weighted by atomic mass is 10.2. The Morgan fingerprint density at radius 3 is 2.83 bits per heavy atom. The molecule has 3 nitrogen and oxygen atoms in total. The minimum absolute atomic E-state index is 0.177. The largest absolute Gasteiger partial charge is 0.334 e. The van der Waals surface area contributed by atoms with Gasteiger partial charge in [0.05, 0.1) is 8.66 Å². The predicted molar refractivity (Wildman–Crippen MR) is 79.4 cm³/mol. The molecule has 1 fully saturated rings. The van der Waals surface area contributed by atoms with Gasteiger partial charge in [-0.25, -0.2) is 0 Å². The van der Waals surface area contributed by atoms with E-state index in [1.807, 2.05) is 17.9 Å². The first-order chi connectivity index (χ1) is 8.49. The molecule has 0 N–H and O–H groups in total. The van der Waals surface area contributed by atoms with E-state index in [0.29, 0.717) is 0 Å². The molecule has 1 saturated heterocycles. The Morgan fingerprint density at radius 1 is 1.50 bits per heavy atom. The maximum absolute atomic E-state index is 12.5. The van der Waals surface area contributed by atoms with Crippen molar-refractivity contribution >= 4 is 33.2 Å². The normalized spacial score (nSPS) is 22.0. The summed E-state index contributed by atoms with van der Waals surface area (Å²) in [5, 5.41) is 0. The number of amides is 1. The molecule has 5 heteroatoms. The van der Waals surface area contributed by atoms with E-state index in [2.05, 4.69) is 34.8 Å². The average molecular weight is 331 g/mol. The molecule has 1 atom stereocenters. The second-order valence-corrected chi connectivity index (χ2v) is 7.40. The first-order valence-electron chi connectivity index (χ1n) is 6.24. The third-order valence-electron chi connectivity index (χ3n) is 3.38. The molecular weight excluding hydrogens is 312 g/mol. The average Bonchev–Trinajstić information content (AvgIpc) is 2.54. The number of hydrogen-bond donors (Lipinski definition) is 0. The molecule has 2 rings (SSSR count). The number of carbonyl (C=O) groups excluding carboxylic acids is 1. The van der Waals surface area contributed by atoms with Crippen molar-refractivity contribution in [1.29, 1.82) is 0 Å². The van der Waals surface area contributed by atoms with Crippen LogP contribution in [0.2, 0.25) is 0 Å². The smallest absolute Gasteiger partial charge is 0.264 e. The monoisotopic (exact) mass is 330 g/mol. The summed E-state index contributed by atoms with van der Waals surface area (Å²) in [5.74, 6) is 0.177. The van der Waals surface area contributed by atoms with Crippen LogP contribution in [-0.4, -0.2) is 48.4 Å². The van der Waals surface area contributed by atoms with E-state index in [9.17, 15) is 4.79 Å². The Labute approximate surface area is 121 Å². The molecule has 1 aliphatic rings. The fraction of sp³-hybridized carbons (Fsp3) is 0.615. The molecule has 1 amide bonds. The Morgan fingerprint density at radius 2 is 2.22 bits per heavy atom. The van der Waals surface area contributed by atoms with Crippen LogP contribution in [0.4, 0.5) is 0 Å².